The van der Waals surface area contributed by atoms with Gasteiger partial charge in [0, 0.05) is 11.6 Å². The van der Waals surface area contributed by atoms with E-state index in [1.54, 1.807) is 0 Å². The monoisotopic (exact) mass is 422 g/mol. The Balaban J connectivity index is 2.32. The first-order chi connectivity index (χ1) is 13.6. The van der Waals surface area contributed by atoms with E-state index in [-0.39, 0.29) is 33.7 Å². The maximum Gasteiger partial charge on any atom is 0.416 e. The second-order valence-electron chi connectivity index (χ2n) is 6.06. The van der Waals surface area contributed by atoms with Crippen LogP contribution in [0.4, 0.5) is 13.2 Å². The number of fused-ring (bicyclic) bond motifs is 1. The van der Waals surface area contributed by atoms with Gasteiger partial charge >= 0.3 is 6.18 Å². The molecule has 3 aromatic rings. The van der Waals surface area contributed by atoms with Crippen molar-refractivity contribution in [3.63, 3.8) is 0 Å². The average molecular weight is 422 g/mol. The fourth-order valence-electron chi connectivity index (χ4n) is 2.68. The van der Waals surface area contributed by atoms with Crippen LogP contribution in [0, 0.1) is 11.3 Å². The molecule has 0 bridgehead atoms. The Morgan fingerprint density at radius 3 is 2.55 bits per heavy atom. The number of nitrogens with zero attached hydrogens (tertiary/aromatic N) is 4. The van der Waals surface area contributed by atoms with Gasteiger partial charge in [0.15, 0.2) is 15.7 Å². The lowest BCUT2D eigenvalue weighted by molar-refractivity contribution is -0.137. The van der Waals surface area contributed by atoms with E-state index in [0.29, 0.717) is 16.3 Å². The maximum absolute atomic E-state index is 13.0. The van der Waals surface area contributed by atoms with Crippen LogP contribution in [0.5, 0.6) is 0 Å². The number of hydrogen-bond acceptors (Lipinski definition) is 6. The fraction of sp³-hybridized carbons (Fsp3) is 0.222. The van der Waals surface area contributed by atoms with Crippen molar-refractivity contribution in [1.82, 2.24) is 14.8 Å². The summed E-state index contributed by atoms with van der Waals surface area (Å²) in [5, 5.41) is 12.6. The zero-order valence-corrected chi connectivity index (χ0v) is 15.8. The van der Waals surface area contributed by atoms with Crippen molar-refractivity contribution in [2.24, 2.45) is 0 Å². The number of alkyl halides is 3. The predicted molar refractivity (Wildman–Crippen MR) is 97.2 cm³/mol. The lowest BCUT2D eigenvalue weighted by Gasteiger charge is -2.12. The van der Waals surface area contributed by atoms with Gasteiger partial charge in [0.25, 0.3) is 5.56 Å². The van der Waals surface area contributed by atoms with Gasteiger partial charge in [-0.05, 0) is 23.8 Å². The summed E-state index contributed by atoms with van der Waals surface area (Å²) in [5.41, 5.74) is -1.64. The summed E-state index contributed by atoms with van der Waals surface area (Å²) in [7, 11) is -3.87. The van der Waals surface area contributed by atoms with Gasteiger partial charge in [-0.3, -0.25) is 4.79 Å². The summed E-state index contributed by atoms with van der Waals surface area (Å²) in [4.78, 5) is 16.5. The Labute approximate surface area is 163 Å². The number of sulfone groups is 1. The topological polar surface area (TPSA) is 106 Å². The van der Waals surface area contributed by atoms with E-state index >= 15 is 0 Å². The first-order valence-electron chi connectivity index (χ1n) is 8.26. The Kier molecular flexibility index (Phi) is 5.15. The number of rotatable bonds is 4. The average Bonchev–Trinajstić information content (AvgIpc) is 2.68. The highest BCUT2D eigenvalue weighted by atomic mass is 32.2. The van der Waals surface area contributed by atoms with Gasteiger partial charge in [0.2, 0.25) is 0 Å². The van der Waals surface area contributed by atoms with E-state index in [2.05, 4.69) is 10.1 Å². The van der Waals surface area contributed by atoms with Crippen molar-refractivity contribution in [2.75, 3.05) is 5.75 Å². The number of pyridine rings is 1. The summed E-state index contributed by atoms with van der Waals surface area (Å²) in [6, 6.07) is 5.72. The minimum Gasteiger partial charge on any atom is -0.267 e. The molecule has 0 radical (unpaired) electrons. The van der Waals surface area contributed by atoms with Crippen LogP contribution in [0.3, 0.4) is 0 Å². The highest BCUT2D eigenvalue weighted by Gasteiger charge is 2.31. The summed E-state index contributed by atoms with van der Waals surface area (Å²) in [6.45, 7) is 1.39. The molecule has 1 aromatic carbocycles. The van der Waals surface area contributed by atoms with Crippen LogP contribution in [0.2, 0.25) is 0 Å². The molecule has 0 aliphatic rings. The van der Waals surface area contributed by atoms with E-state index in [0.717, 1.165) is 18.3 Å². The van der Waals surface area contributed by atoms with Gasteiger partial charge in [-0.15, -0.1) is 0 Å². The standard InChI is InChI=1S/C18H13F3N4O3S/c1-2-29(27,28)15-7-11(5-6-22)9-23-16(15)25-17(26)14-8-13(18(19,20)21)4-3-12(14)10-24-25/h3-4,7-10H,2,5H2,1H3. The molecule has 150 valence electrons. The van der Waals surface area contributed by atoms with Crippen molar-refractivity contribution >= 4 is 20.6 Å². The van der Waals surface area contributed by atoms with E-state index in [4.69, 9.17) is 5.26 Å². The normalized spacial score (nSPS) is 12.1. The van der Waals surface area contributed by atoms with Crippen LogP contribution in [-0.2, 0) is 22.4 Å². The van der Waals surface area contributed by atoms with Crippen LogP contribution in [0.25, 0.3) is 16.6 Å². The van der Waals surface area contributed by atoms with Crippen LogP contribution < -0.4 is 5.56 Å². The third kappa shape index (κ3) is 3.84. The van der Waals surface area contributed by atoms with E-state index < -0.39 is 27.1 Å². The quantitative estimate of drug-likeness (QED) is 0.640. The van der Waals surface area contributed by atoms with Gasteiger partial charge in [-0.1, -0.05) is 13.0 Å². The Morgan fingerprint density at radius 2 is 1.93 bits per heavy atom. The molecular formula is C18H13F3N4O3S. The van der Waals surface area contributed by atoms with Gasteiger partial charge in [0.05, 0.1) is 35.4 Å². The van der Waals surface area contributed by atoms with E-state index in [9.17, 15) is 26.4 Å². The highest BCUT2D eigenvalue weighted by molar-refractivity contribution is 7.91. The molecule has 7 nitrogen and oxygen atoms in total. The molecule has 2 heterocycles. The largest absolute Gasteiger partial charge is 0.416 e. The molecule has 2 aromatic heterocycles. The summed E-state index contributed by atoms with van der Waals surface area (Å²) in [5.74, 6) is -0.643. The summed E-state index contributed by atoms with van der Waals surface area (Å²) in [6.07, 6.45) is -2.38. The van der Waals surface area contributed by atoms with Gasteiger partial charge in [0.1, 0.15) is 4.90 Å². The number of nitriles is 1. The molecule has 0 aliphatic carbocycles. The molecule has 3 rings (SSSR count). The lowest BCUT2D eigenvalue weighted by atomic mass is 10.1. The first-order valence-corrected chi connectivity index (χ1v) is 9.92. The van der Waals surface area contributed by atoms with Crippen molar-refractivity contribution in [3.8, 4) is 11.9 Å². The Bertz CT molecular complexity index is 1310. The van der Waals surface area contributed by atoms with Crippen LogP contribution >= 0.6 is 0 Å². The molecule has 0 amide bonds. The zero-order chi connectivity index (χ0) is 21.4. The van der Waals surface area contributed by atoms with Crippen molar-refractivity contribution in [1.29, 1.82) is 5.26 Å². The summed E-state index contributed by atoms with van der Waals surface area (Å²) >= 11 is 0. The fourth-order valence-corrected chi connectivity index (χ4v) is 3.74. The Morgan fingerprint density at radius 1 is 1.21 bits per heavy atom. The van der Waals surface area contributed by atoms with Crippen LogP contribution in [-0.4, -0.2) is 28.9 Å². The highest BCUT2D eigenvalue weighted by Crippen LogP contribution is 2.30. The van der Waals surface area contributed by atoms with Crippen molar-refractivity contribution in [3.05, 3.63) is 58.1 Å². The Hall–Kier alpha value is -3.26. The number of benzene rings is 1. The maximum atomic E-state index is 13.0. The number of halogens is 3. The van der Waals surface area contributed by atoms with E-state index in [1.165, 1.54) is 19.2 Å². The molecule has 0 unspecified atom stereocenters. The minimum absolute atomic E-state index is 0.103. The zero-order valence-electron chi connectivity index (χ0n) is 14.9. The van der Waals surface area contributed by atoms with Gasteiger partial charge in [-0.2, -0.15) is 28.2 Å². The van der Waals surface area contributed by atoms with Crippen LogP contribution in [0.1, 0.15) is 18.1 Å². The molecule has 0 aliphatic heterocycles. The van der Waals surface area contributed by atoms with Gasteiger partial charge < -0.3 is 0 Å². The SMILES string of the molecule is CCS(=O)(=O)c1cc(CC#N)cnc1-n1ncc2ccc(C(F)(F)F)cc2c1=O. The third-order valence-corrected chi connectivity index (χ3v) is 5.93. The minimum atomic E-state index is -4.65. The van der Waals surface area contributed by atoms with Gasteiger partial charge in [-0.25, -0.2) is 13.4 Å². The number of aromatic nitrogens is 3. The molecule has 11 heteroatoms. The smallest absolute Gasteiger partial charge is 0.267 e. The van der Waals surface area contributed by atoms with Crippen molar-refractivity contribution in [2.45, 2.75) is 24.4 Å². The predicted octanol–water partition coefficient (Wildman–Crippen LogP) is 2.66. The molecule has 29 heavy (non-hydrogen) atoms. The molecule has 0 atom stereocenters. The second kappa shape index (κ2) is 7.29. The second-order valence-corrected chi connectivity index (χ2v) is 8.31. The lowest BCUT2D eigenvalue weighted by Crippen LogP contribution is -2.25. The molecule has 0 saturated carbocycles. The van der Waals surface area contributed by atoms with Crippen molar-refractivity contribution < 1.29 is 21.6 Å². The number of hydrogen-bond donors (Lipinski definition) is 0. The molecule has 0 spiro atoms. The summed E-state index contributed by atoms with van der Waals surface area (Å²) < 4.78 is 64.7. The molecule has 0 fully saturated rings. The van der Waals surface area contributed by atoms with Crippen LogP contribution in [0.15, 0.2) is 46.3 Å². The third-order valence-electron chi connectivity index (χ3n) is 4.20. The molecule has 0 N–H and O–H groups in total. The first kappa shape index (κ1) is 20.5. The molecular weight excluding hydrogens is 409 g/mol. The molecule has 0 saturated heterocycles. The van der Waals surface area contributed by atoms with E-state index in [1.807, 2.05) is 6.07 Å².